The highest BCUT2D eigenvalue weighted by atomic mass is 15.4. The molecular formula is C7H14N2. The maximum Gasteiger partial charge on any atom is 0.0296 e. The van der Waals surface area contributed by atoms with E-state index in [1.165, 1.54) is 6.42 Å². The van der Waals surface area contributed by atoms with Gasteiger partial charge < -0.3 is 0 Å². The minimum absolute atomic E-state index is 1.11. The topological polar surface area (TPSA) is 15.6 Å². The van der Waals surface area contributed by atoms with Gasteiger partial charge in [0.2, 0.25) is 0 Å². The maximum atomic E-state index is 3.66. The second kappa shape index (κ2) is 5.35. The fraction of sp³-hybridized carbons (Fsp3) is 0.571. The van der Waals surface area contributed by atoms with Crippen molar-refractivity contribution in [2.45, 2.75) is 19.8 Å². The van der Waals surface area contributed by atoms with Crippen LogP contribution in [0, 0.1) is 0 Å². The van der Waals surface area contributed by atoms with E-state index in [9.17, 15) is 0 Å². The molecule has 0 aromatic heterocycles. The second-order valence-electron chi connectivity index (χ2n) is 1.89. The molecule has 9 heavy (non-hydrogen) atoms. The van der Waals surface area contributed by atoms with Gasteiger partial charge in [-0.05, 0) is 6.42 Å². The van der Waals surface area contributed by atoms with Crippen LogP contribution in [0.3, 0.4) is 0 Å². The maximum absolute atomic E-state index is 3.66. The van der Waals surface area contributed by atoms with Crippen molar-refractivity contribution in [1.29, 1.82) is 0 Å². The summed E-state index contributed by atoms with van der Waals surface area (Å²) in [7, 11) is 1.86. The molecule has 52 valence electrons. The van der Waals surface area contributed by atoms with Gasteiger partial charge in [-0.25, -0.2) is 0 Å². The van der Waals surface area contributed by atoms with Crippen molar-refractivity contribution in [2.24, 2.45) is 5.10 Å². The monoisotopic (exact) mass is 126 g/mol. The molecule has 0 heterocycles. The van der Waals surface area contributed by atoms with Crippen molar-refractivity contribution >= 4 is 6.72 Å². The second-order valence-corrected chi connectivity index (χ2v) is 1.89. The predicted molar refractivity (Wildman–Crippen MR) is 41.4 cm³/mol. The van der Waals surface area contributed by atoms with Gasteiger partial charge in [0.15, 0.2) is 0 Å². The van der Waals surface area contributed by atoms with Crippen molar-refractivity contribution in [3.05, 3.63) is 12.3 Å². The Hall–Kier alpha value is -0.790. The number of hydrogen-bond donors (Lipinski definition) is 0. The lowest BCUT2D eigenvalue weighted by Gasteiger charge is -2.02. The number of nitrogens with zero attached hydrogens (tertiary/aromatic N) is 2. The van der Waals surface area contributed by atoms with E-state index < -0.39 is 0 Å². The molecule has 0 spiro atoms. The quantitative estimate of drug-likeness (QED) is 0.414. The molecule has 0 atom stereocenters. The smallest absolute Gasteiger partial charge is 0.0296 e. The summed E-state index contributed by atoms with van der Waals surface area (Å²) < 4.78 is 0. The molecule has 2 heteroatoms. The number of unbranched alkanes of at least 4 members (excludes halogenated alkanes) is 1. The van der Waals surface area contributed by atoms with Crippen LogP contribution in [-0.2, 0) is 0 Å². The van der Waals surface area contributed by atoms with E-state index in [0.29, 0.717) is 0 Å². The summed E-state index contributed by atoms with van der Waals surface area (Å²) in [6.45, 7) is 5.51. The minimum Gasteiger partial charge on any atom is -0.277 e. The zero-order valence-electron chi connectivity index (χ0n) is 6.17. The number of allylic oxidation sites excluding steroid dienone is 1. The number of hydrazone groups is 1. The summed E-state index contributed by atoms with van der Waals surface area (Å²) in [4.78, 5) is 0. The molecule has 0 aliphatic heterocycles. The third-order valence-corrected chi connectivity index (χ3v) is 1.000. The Kier molecular flexibility index (Phi) is 4.88. The van der Waals surface area contributed by atoms with Crippen molar-refractivity contribution < 1.29 is 0 Å². The summed E-state index contributed by atoms with van der Waals surface area (Å²) in [6, 6.07) is 0. The molecule has 0 aromatic rings. The molecule has 0 saturated carbocycles. The van der Waals surface area contributed by atoms with Crippen molar-refractivity contribution in [2.75, 3.05) is 7.05 Å². The average molecular weight is 126 g/mol. The van der Waals surface area contributed by atoms with Crippen LogP contribution in [0.1, 0.15) is 19.8 Å². The van der Waals surface area contributed by atoms with Crippen LogP contribution in [0.2, 0.25) is 0 Å². The lowest BCUT2D eigenvalue weighted by Crippen LogP contribution is -1.98. The Morgan fingerprint density at radius 1 is 1.67 bits per heavy atom. The standard InChI is InChI=1S/C7H14N2/c1-4-5-6-7-9(3)8-2/h6-7H,2,4-5H2,1,3H3. The first-order valence-electron chi connectivity index (χ1n) is 3.17. The molecule has 2 nitrogen and oxygen atoms in total. The highest BCUT2D eigenvalue weighted by Crippen LogP contribution is 1.90. The van der Waals surface area contributed by atoms with Crippen LogP contribution >= 0.6 is 0 Å². The summed E-state index contributed by atoms with van der Waals surface area (Å²) in [6.07, 6.45) is 6.28. The van der Waals surface area contributed by atoms with Crippen molar-refractivity contribution in [1.82, 2.24) is 5.01 Å². The molecule has 0 aliphatic rings. The normalized spacial score (nSPS) is 10.0. The van der Waals surface area contributed by atoms with Crippen LogP contribution in [0.25, 0.3) is 0 Å². The molecule has 0 radical (unpaired) electrons. The zero-order valence-corrected chi connectivity index (χ0v) is 6.17. The predicted octanol–water partition coefficient (Wildman–Crippen LogP) is 1.85. The molecule has 0 rings (SSSR count). The van der Waals surface area contributed by atoms with Crippen LogP contribution in [-0.4, -0.2) is 18.8 Å². The van der Waals surface area contributed by atoms with Gasteiger partial charge in [0.1, 0.15) is 0 Å². The third-order valence-electron chi connectivity index (χ3n) is 1.000. The van der Waals surface area contributed by atoms with E-state index >= 15 is 0 Å². The van der Waals surface area contributed by atoms with Crippen molar-refractivity contribution in [3.63, 3.8) is 0 Å². The van der Waals surface area contributed by atoms with Gasteiger partial charge in [0.25, 0.3) is 0 Å². The third kappa shape index (κ3) is 5.07. The molecule has 0 amide bonds. The van der Waals surface area contributed by atoms with Gasteiger partial charge >= 0.3 is 0 Å². The Bertz CT molecular complexity index is 97.1. The van der Waals surface area contributed by atoms with Gasteiger partial charge in [0.05, 0.1) is 0 Å². The Morgan fingerprint density at radius 3 is 2.78 bits per heavy atom. The van der Waals surface area contributed by atoms with Gasteiger partial charge in [-0.15, -0.1) is 0 Å². The van der Waals surface area contributed by atoms with Crippen molar-refractivity contribution in [3.8, 4) is 0 Å². The molecule has 0 bridgehead atoms. The lowest BCUT2D eigenvalue weighted by atomic mass is 10.3. The summed E-state index contributed by atoms with van der Waals surface area (Å²) in [5.74, 6) is 0. The van der Waals surface area contributed by atoms with Gasteiger partial charge in [0, 0.05) is 20.0 Å². The Labute approximate surface area is 56.9 Å². The molecule has 0 unspecified atom stereocenters. The molecular weight excluding hydrogens is 112 g/mol. The largest absolute Gasteiger partial charge is 0.277 e. The van der Waals surface area contributed by atoms with Crippen LogP contribution in [0.4, 0.5) is 0 Å². The lowest BCUT2D eigenvalue weighted by molar-refractivity contribution is 0.493. The van der Waals surface area contributed by atoms with E-state index in [1.54, 1.807) is 5.01 Å². The first kappa shape index (κ1) is 8.21. The van der Waals surface area contributed by atoms with E-state index in [0.717, 1.165) is 6.42 Å². The van der Waals surface area contributed by atoms with E-state index in [-0.39, 0.29) is 0 Å². The average Bonchev–Trinajstić information content (AvgIpc) is 1.89. The van der Waals surface area contributed by atoms with Crippen LogP contribution in [0.5, 0.6) is 0 Å². The van der Waals surface area contributed by atoms with Gasteiger partial charge in [-0.1, -0.05) is 19.4 Å². The van der Waals surface area contributed by atoms with Gasteiger partial charge in [-0.2, -0.15) is 5.10 Å². The number of rotatable bonds is 4. The highest BCUT2D eigenvalue weighted by molar-refractivity contribution is 5.22. The van der Waals surface area contributed by atoms with E-state index in [4.69, 9.17) is 0 Å². The fourth-order valence-electron chi connectivity index (χ4n) is 0.441. The molecule has 0 aromatic carbocycles. The summed E-state index contributed by atoms with van der Waals surface area (Å²) in [5, 5.41) is 5.35. The Morgan fingerprint density at radius 2 is 2.33 bits per heavy atom. The van der Waals surface area contributed by atoms with Gasteiger partial charge in [-0.3, -0.25) is 5.01 Å². The molecule has 0 N–H and O–H groups in total. The van der Waals surface area contributed by atoms with E-state index in [1.807, 2.05) is 13.2 Å². The Balaban J connectivity index is 3.31. The SMILES string of the molecule is C=NN(C)C=CCCC. The summed E-state index contributed by atoms with van der Waals surface area (Å²) in [5.41, 5.74) is 0. The highest BCUT2D eigenvalue weighted by Gasteiger charge is 1.77. The summed E-state index contributed by atoms with van der Waals surface area (Å²) >= 11 is 0. The zero-order chi connectivity index (χ0) is 7.11. The van der Waals surface area contributed by atoms with Crippen LogP contribution < -0.4 is 0 Å². The fourth-order valence-corrected chi connectivity index (χ4v) is 0.441. The first-order chi connectivity index (χ1) is 4.31. The minimum atomic E-state index is 1.11. The van der Waals surface area contributed by atoms with E-state index in [2.05, 4.69) is 24.8 Å². The van der Waals surface area contributed by atoms with Crippen LogP contribution in [0.15, 0.2) is 17.4 Å². The number of hydrogen-bond acceptors (Lipinski definition) is 2. The first-order valence-corrected chi connectivity index (χ1v) is 3.17. The molecule has 0 fully saturated rings. The molecule has 0 aliphatic carbocycles. The molecule has 0 saturated heterocycles.